The molecule has 2 atom stereocenters. The summed E-state index contributed by atoms with van der Waals surface area (Å²) in [6.07, 6.45) is 4.80. The third-order valence-electron chi connectivity index (χ3n) is 5.38. The Labute approximate surface area is 168 Å². The van der Waals surface area contributed by atoms with E-state index in [2.05, 4.69) is 29.8 Å². The number of nitrogen functional groups attached to an aromatic ring is 2. The van der Waals surface area contributed by atoms with Crippen molar-refractivity contribution < 1.29 is 5.11 Å². The highest BCUT2D eigenvalue weighted by atomic mass is 16.3. The molecule has 0 saturated heterocycles. The standard InChI is InChI=1S/C21H28N4O.C2H6/c1-15-7-5-10-17(14-24-13-16-8-3-2-4-9-16)21(15,26)18-11-6-12-19(25-23)20(18)22;1-2/h2-4,6,8-9,11-12,14-15,24-26H,5,7,10,13,22-23H2,1H3;1-2H3/b17-14+;. The number of anilines is 2. The molecule has 0 aromatic heterocycles. The maximum atomic E-state index is 11.7. The molecule has 1 aliphatic rings. The van der Waals surface area contributed by atoms with Gasteiger partial charge in [0, 0.05) is 12.1 Å². The van der Waals surface area contributed by atoms with E-state index in [1.54, 1.807) is 0 Å². The Balaban J connectivity index is 0.00000136. The molecule has 2 aromatic carbocycles. The van der Waals surface area contributed by atoms with Crippen LogP contribution in [0.25, 0.3) is 0 Å². The molecule has 2 aromatic rings. The number of nitrogens with two attached hydrogens (primary N) is 2. The maximum Gasteiger partial charge on any atom is 0.117 e. The Kier molecular flexibility index (Phi) is 7.91. The Bertz CT molecular complexity index is 775. The Hall–Kier alpha value is -2.50. The Morgan fingerprint density at radius 3 is 2.54 bits per heavy atom. The minimum atomic E-state index is -1.10. The molecule has 1 saturated carbocycles. The van der Waals surface area contributed by atoms with Gasteiger partial charge in [0.05, 0.1) is 11.4 Å². The molecule has 3 rings (SSSR count). The molecule has 0 bridgehead atoms. The van der Waals surface area contributed by atoms with E-state index in [4.69, 9.17) is 11.6 Å². The van der Waals surface area contributed by atoms with Crippen LogP contribution in [0.1, 0.15) is 51.2 Å². The number of hydrogen-bond donors (Lipinski definition) is 5. The van der Waals surface area contributed by atoms with Gasteiger partial charge in [0.1, 0.15) is 5.60 Å². The van der Waals surface area contributed by atoms with Crippen LogP contribution in [0.2, 0.25) is 0 Å². The summed E-state index contributed by atoms with van der Waals surface area (Å²) in [5.41, 5.74) is 11.8. The van der Waals surface area contributed by atoms with E-state index in [1.807, 2.05) is 56.4 Å². The lowest BCUT2D eigenvalue weighted by Crippen LogP contribution is -2.40. The summed E-state index contributed by atoms with van der Waals surface area (Å²) in [7, 11) is 0. The van der Waals surface area contributed by atoms with Gasteiger partial charge >= 0.3 is 0 Å². The van der Waals surface area contributed by atoms with Crippen molar-refractivity contribution in [3.63, 3.8) is 0 Å². The van der Waals surface area contributed by atoms with E-state index in [0.29, 0.717) is 23.5 Å². The fourth-order valence-electron chi connectivity index (χ4n) is 3.85. The second-order valence-electron chi connectivity index (χ2n) is 7.01. The van der Waals surface area contributed by atoms with Gasteiger partial charge in [-0.15, -0.1) is 0 Å². The van der Waals surface area contributed by atoms with Gasteiger partial charge in [-0.25, -0.2) is 0 Å². The number of para-hydroxylation sites is 1. The van der Waals surface area contributed by atoms with Crippen LogP contribution in [-0.2, 0) is 12.1 Å². The summed E-state index contributed by atoms with van der Waals surface area (Å²) in [5, 5.41) is 15.1. The molecule has 0 amide bonds. The first-order valence-corrected chi connectivity index (χ1v) is 10.1. The van der Waals surface area contributed by atoms with Crippen LogP contribution in [0.15, 0.2) is 60.3 Å². The third-order valence-corrected chi connectivity index (χ3v) is 5.38. The zero-order valence-corrected chi connectivity index (χ0v) is 17.2. The van der Waals surface area contributed by atoms with E-state index < -0.39 is 5.60 Å². The van der Waals surface area contributed by atoms with E-state index in [1.165, 1.54) is 5.56 Å². The zero-order chi connectivity index (χ0) is 20.6. The van der Waals surface area contributed by atoms with E-state index in [9.17, 15) is 5.11 Å². The number of hydrazine groups is 1. The predicted molar refractivity (Wildman–Crippen MR) is 118 cm³/mol. The highest BCUT2D eigenvalue weighted by Crippen LogP contribution is 2.47. The first-order chi connectivity index (χ1) is 13.6. The maximum absolute atomic E-state index is 11.7. The van der Waals surface area contributed by atoms with Crippen LogP contribution in [0, 0.1) is 5.92 Å². The summed E-state index contributed by atoms with van der Waals surface area (Å²) in [6.45, 7) is 6.79. The molecule has 2 unspecified atom stereocenters. The lowest BCUT2D eigenvalue weighted by atomic mass is 9.69. The SMILES string of the molecule is CC.CC1CCC/C(=C\NCc2ccccc2)C1(O)c1cccc(NN)c1N. The molecule has 0 spiro atoms. The molecular weight excluding hydrogens is 348 g/mol. The van der Waals surface area contributed by atoms with Crippen molar-refractivity contribution in [2.75, 3.05) is 11.2 Å². The summed E-state index contributed by atoms with van der Waals surface area (Å²) >= 11 is 0. The monoisotopic (exact) mass is 382 g/mol. The van der Waals surface area contributed by atoms with E-state index >= 15 is 0 Å². The van der Waals surface area contributed by atoms with Crippen LogP contribution >= 0.6 is 0 Å². The van der Waals surface area contributed by atoms with E-state index in [0.717, 1.165) is 24.8 Å². The van der Waals surface area contributed by atoms with Crippen molar-refractivity contribution in [1.82, 2.24) is 5.32 Å². The number of hydrogen-bond acceptors (Lipinski definition) is 5. The van der Waals surface area contributed by atoms with Crippen molar-refractivity contribution in [1.29, 1.82) is 0 Å². The third kappa shape index (κ3) is 4.49. The molecule has 5 nitrogen and oxygen atoms in total. The molecule has 152 valence electrons. The summed E-state index contributed by atoms with van der Waals surface area (Å²) in [4.78, 5) is 0. The Morgan fingerprint density at radius 2 is 1.86 bits per heavy atom. The van der Waals surface area contributed by atoms with Gasteiger partial charge in [-0.05, 0) is 48.6 Å². The minimum Gasteiger partial charge on any atom is -0.397 e. The highest BCUT2D eigenvalue weighted by Gasteiger charge is 2.43. The lowest BCUT2D eigenvalue weighted by molar-refractivity contribution is -0.000314. The molecule has 1 fully saturated rings. The predicted octanol–water partition coefficient (Wildman–Crippen LogP) is 4.26. The van der Waals surface area contributed by atoms with Gasteiger partial charge in [0.2, 0.25) is 0 Å². The number of rotatable bonds is 5. The molecule has 1 aliphatic carbocycles. The van der Waals surface area contributed by atoms with Crippen LogP contribution in [0.5, 0.6) is 0 Å². The number of aliphatic hydroxyl groups is 1. The number of nitrogens with one attached hydrogen (secondary N) is 2. The normalized spacial score (nSPS) is 22.9. The second kappa shape index (κ2) is 10.2. The van der Waals surface area contributed by atoms with Crippen molar-refractivity contribution in [2.24, 2.45) is 11.8 Å². The molecule has 7 N–H and O–H groups in total. The van der Waals surface area contributed by atoms with Gasteiger partial charge in [-0.3, -0.25) is 5.84 Å². The van der Waals surface area contributed by atoms with Gasteiger partial charge in [0.25, 0.3) is 0 Å². The van der Waals surface area contributed by atoms with Crippen LogP contribution in [0.3, 0.4) is 0 Å². The first-order valence-electron chi connectivity index (χ1n) is 10.1. The van der Waals surface area contributed by atoms with Gasteiger partial charge < -0.3 is 21.6 Å². The van der Waals surface area contributed by atoms with Crippen molar-refractivity contribution in [3.8, 4) is 0 Å². The quantitative estimate of drug-likeness (QED) is 0.302. The van der Waals surface area contributed by atoms with Crippen LogP contribution in [-0.4, -0.2) is 5.11 Å². The topological polar surface area (TPSA) is 96.3 Å². The lowest BCUT2D eigenvalue weighted by Gasteiger charge is -2.41. The average Bonchev–Trinajstić information content (AvgIpc) is 2.73. The van der Waals surface area contributed by atoms with Gasteiger partial charge in [-0.1, -0.05) is 63.2 Å². The van der Waals surface area contributed by atoms with Crippen molar-refractivity contribution in [2.45, 2.75) is 52.2 Å². The molecule has 0 radical (unpaired) electrons. The molecular formula is C23H34N4O. The molecule has 0 aliphatic heterocycles. The van der Waals surface area contributed by atoms with Crippen molar-refractivity contribution >= 4 is 11.4 Å². The van der Waals surface area contributed by atoms with Crippen LogP contribution < -0.4 is 22.3 Å². The fourth-order valence-corrected chi connectivity index (χ4v) is 3.85. The second-order valence-corrected chi connectivity index (χ2v) is 7.01. The van der Waals surface area contributed by atoms with Gasteiger partial charge in [0.15, 0.2) is 0 Å². The van der Waals surface area contributed by atoms with E-state index in [-0.39, 0.29) is 5.92 Å². The minimum absolute atomic E-state index is 0.0661. The van der Waals surface area contributed by atoms with Crippen molar-refractivity contribution in [3.05, 3.63) is 71.4 Å². The van der Waals surface area contributed by atoms with Gasteiger partial charge in [-0.2, -0.15) is 0 Å². The Morgan fingerprint density at radius 1 is 1.14 bits per heavy atom. The molecule has 28 heavy (non-hydrogen) atoms. The summed E-state index contributed by atoms with van der Waals surface area (Å²) in [5.74, 6) is 5.63. The summed E-state index contributed by atoms with van der Waals surface area (Å²) < 4.78 is 0. The number of benzene rings is 2. The average molecular weight is 383 g/mol. The largest absolute Gasteiger partial charge is 0.397 e. The molecule has 0 heterocycles. The van der Waals surface area contributed by atoms with Crippen LogP contribution in [0.4, 0.5) is 11.4 Å². The zero-order valence-electron chi connectivity index (χ0n) is 17.2. The first kappa shape index (κ1) is 21.8. The fraction of sp³-hybridized carbons (Fsp3) is 0.391. The highest BCUT2D eigenvalue weighted by molar-refractivity contribution is 5.71. The smallest absolute Gasteiger partial charge is 0.117 e. The molecule has 5 heteroatoms. The summed E-state index contributed by atoms with van der Waals surface area (Å²) in [6, 6.07) is 15.8.